The molecule has 1 aromatic heterocycles. The van der Waals surface area contributed by atoms with E-state index < -0.39 is 17.7 Å². The molecule has 0 aliphatic heterocycles. The van der Waals surface area contributed by atoms with Crippen LogP contribution < -0.4 is 10.2 Å². The molecule has 1 amide bonds. The van der Waals surface area contributed by atoms with Crippen molar-refractivity contribution in [2.24, 2.45) is 11.8 Å². The molecule has 0 unspecified atom stereocenters. The first kappa shape index (κ1) is 24.1. The van der Waals surface area contributed by atoms with Crippen molar-refractivity contribution in [3.05, 3.63) is 47.8 Å². The lowest BCUT2D eigenvalue weighted by atomic mass is 9.92. The first-order valence-corrected chi connectivity index (χ1v) is 12.2. The molecule has 4 rings (SSSR count). The minimum atomic E-state index is -0.910. The van der Waals surface area contributed by atoms with Gasteiger partial charge in [-0.05, 0) is 48.4 Å². The number of benzene rings is 1. The number of amides is 1. The average molecular weight is 469 g/mol. The van der Waals surface area contributed by atoms with Gasteiger partial charge < -0.3 is 15.3 Å². The maximum atomic E-state index is 15.4. The van der Waals surface area contributed by atoms with Crippen molar-refractivity contribution in [2.45, 2.75) is 70.8 Å². The van der Waals surface area contributed by atoms with E-state index in [9.17, 15) is 14.7 Å². The number of halogens is 1. The molecule has 7 nitrogen and oxygen atoms in total. The van der Waals surface area contributed by atoms with E-state index in [4.69, 9.17) is 0 Å². The van der Waals surface area contributed by atoms with Crippen LogP contribution in [0.25, 0.3) is 0 Å². The Morgan fingerprint density at radius 1 is 1.18 bits per heavy atom. The van der Waals surface area contributed by atoms with Crippen LogP contribution in [-0.2, 0) is 16.0 Å². The Labute approximate surface area is 199 Å². The summed E-state index contributed by atoms with van der Waals surface area (Å²) in [5, 5.41) is 12.4. The molecule has 34 heavy (non-hydrogen) atoms. The molecule has 2 atom stereocenters. The third-order valence-corrected chi connectivity index (χ3v) is 6.76. The molecule has 182 valence electrons. The average Bonchev–Trinajstić information content (AvgIpc) is 3.61. The fraction of sp³-hybridized carbons (Fsp3) is 0.538. The topological polar surface area (TPSA) is 95.4 Å². The fourth-order valence-corrected chi connectivity index (χ4v) is 5.04. The van der Waals surface area contributed by atoms with E-state index in [1.807, 2.05) is 0 Å². The summed E-state index contributed by atoms with van der Waals surface area (Å²) >= 11 is 0. The Hall–Kier alpha value is -3.03. The lowest BCUT2D eigenvalue weighted by molar-refractivity contribution is -0.138. The molecular weight excluding hydrogens is 435 g/mol. The Bertz CT molecular complexity index is 1020. The standard InChI is InChI=1S/C26H33FN4O3/c1-16(2)14-31(18-6-4-3-5-7-18)24-11-22(27)20(19-9-21(19)26(33)34)10-23(24)30-25(32)8-17-12-28-15-29-13-17/h10-13,15-16,18-19,21H,3-9,14H2,1-2H3,(H,30,32)(H,33,34)/t19-,21-/m1/s1. The molecule has 0 spiro atoms. The van der Waals surface area contributed by atoms with Crippen molar-refractivity contribution >= 4 is 23.3 Å². The van der Waals surface area contributed by atoms with Crippen molar-refractivity contribution in [1.29, 1.82) is 0 Å². The van der Waals surface area contributed by atoms with Crippen molar-refractivity contribution < 1.29 is 19.1 Å². The van der Waals surface area contributed by atoms with E-state index in [1.165, 1.54) is 18.8 Å². The molecule has 2 aromatic rings. The number of carboxylic acid groups (broad SMARTS) is 1. The van der Waals surface area contributed by atoms with Crippen LogP contribution in [0.1, 0.15) is 69.4 Å². The summed E-state index contributed by atoms with van der Waals surface area (Å²) in [6.07, 6.45) is 10.7. The van der Waals surface area contributed by atoms with Crippen molar-refractivity contribution in [3.63, 3.8) is 0 Å². The monoisotopic (exact) mass is 468 g/mol. The van der Waals surface area contributed by atoms with Crippen LogP contribution in [0.4, 0.5) is 15.8 Å². The second-order valence-corrected chi connectivity index (χ2v) is 9.99. The van der Waals surface area contributed by atoms with Gasteiger partial charge in [0.1, 0.15) is 12.1 Å². The molecule has 1 heterocycles. The summed E-state index contributed by atoms with van der Waals surface area (Å²) in [5.41, 5.74) is 2.26. The number of nitrogens with one attached hydrogen (secondary N) is 1. The normalized spacial score (nSPS) is 20.2. The van der Waals surface area contributed by atoms with E-state index in [1.54, 1.807) is 18.5 Å². The van der Waals surface area contributed by atoms with Crippen LogP contribution in [0.15, 0.2) is 30.9 Å². The molecule has 2 saturated carbocycles. The number of aliphatic carboxylic acids is 1. The number of carbonyl (C=O) groups excluding carboxylic acids is 1. The van der Waals surface area contributed by atoms with Gasteiger partial charge in [-0.3, -0.25) is 9.59 Å². The lowest BCUT2D eigenvalue weighted by Gasteiger charge is -2.38. The molecule has 0 bridgehead atoms. The highest BCUT2D eigenvalue weighted by molar-refractivity contribution is 5.96. The van der Waals surface area contributed by atoms with Crippen LogP contribution in [0.3, 0.4) is 0 Å². The molecule has 2 fully saturated rings. The van der Waals surface area contributed by atoms with Gasteiger partial charge in [0.25, 0.3) is 0 Å². The number of hydrogen-bond donors (Lipinski definition) is 2. The highest BCUT2D eigenvalue weighted by Crippen LogP contribution is 2.50. The number of anilines is 2. The summed E-state index contributed by atoms with van der Waals surface area (Å²) in [6.45, 7) is 5.02. The summed E-state index contributed by atoms with van der Waals surface area (Å²) in [4.78, 5) is 34.5. The molecule has 2 aliphatic rings. The third kappa shape index (κ3) is 5.72. The zero-order chi connectivity index (χ0) is 24.2. The van der Waals surface area contributed by atoms with Crippen LogP contribution in [-0.4, -0.2) is 39.5 Å². The molecular formula is C26H33FN4O3. The third-order valence-electron chi connectivity index (χ3n) is 6.76. The highest BCUT2D eigenvalue weighted by atomic mass is 19.1. The van der Waals surface area contributed by atoms with Gasteiger partial charge in [-0.15, -0.1) is 0 Å². The highest BCUT2D eigenvalue weighted by Gasteiger charge is 2.46. The molecule has 8 heteroatoms. The first-order chi connectivity index (χ1) is 16.3. The van der Waals surface area contributed by atoms with Crippen molar-refractivity contribution in [1.82, 2.24) is 9.97 Å². The van der Waals surface area contributed by atoms with E-state index in [0.29, 0.717) is 34.8 Å². The Balaban J connectivity index is 1.68. The lowest BCUT2D eigenvalue weighted by Crippen LogP contribution is -2.40. The zero-order valence-corrected chi connectivity index (χ0v) is 19.8. The van der Waals surface area contributed by atoms with Crippen LogP contribution in [0.5, 0.6) is 0 Å². The number of nitrogens with zero attached hydrogens (tertiary/aromatic N) is 3. The molecule has 2 N–H and O–H groups in total. The molecule has 2 aliphatic carbocycles. The number of aromatic nitrogens is 2. The molecule has 0 radical (unpaired) electrons. The van der Waals surface area contributed by atoms with Gasteiger partial charge in [0.2, 0.25) is 5.91 Å². The van der Waals surface area contributed by atoms with E-state index in [-0.39, 0.29) is 24.3 Å². The van der Waals surface area contributed by atoms with E-state index in [2.05, 4.69) is 34.0 Å². The smallest absolute Gasteiger partial charge is 0.307 e. The predicted octanol–water partition coefficient (Wildman–Crippen LogP) is 4.78. The largest absolute Gasteiger partial charge is 0.481 e. The minimum absolute atomic E-state index is 0.0990. The van der Waals surface area contributed by atoms with Gasteiger partial charge >= 0.3 is 5.97 Å². The van der Waals surface area contributed by atoms with Gasteiger partial charge in [-0.1, -0.05) is 33.1 Å². The summed E-state index contributed by atoms with van der Waals surface area (Å²) in [7, 11) is 0. The van der Waals surface area contributed by atoms with Crippen molar-refractivity contribution in [3.8, 4) is 0 Å². The predicted molar refractivity (Wildman–Crippen MR) is 128 cm³/mol. The fourth-order valence-electron chi connectivity index (χ4n) is 5.04. The van der Waals surface area contributed by atoms with Crippen molar-refractivity contribution in [2.75, 3.05) is 16.8 Å². The van der Waals surface area contributed by atoms with Crippen LogP contribution >= 0.6 is 0 Å². The number of carboxylic acids is 1. The number of rotatable bonds is 9. The maximum Gasteiger partial charge on any atom is 0.307 e. The zero-order valence-electron chi connectivity index (χ0n) is 19.8. The van der Waals surface area contributed by atoms with Crippen LogP contribution in [0.2, 0.25) is 0 Å². The summed E-state index contributed by atoms with van der Waals surface area (Å²) in [6, 6.07) is 3.45. The van der Waals surface area contributed by atoms with E-state index in [0.717, 1.165) is 32.2 Å². The van der Waals surface area contributed by atoms with Gasteiger partial charge in [0.15, 0.2) is 0 Å². The van der Waals surface area contributed by atoms with E-state index >= 15 is 4.39 Å². The number of carbonyl (C=O) groups is 2. The quantitative estimate of drug-likeness (QED) is 0.550. The second kappa shape index (κ2) is 10.5. The second-order valence-electron chi connectivity index (χ2n) is 9.99. The van der Waals surface area contributed by atoms with Gasteiger partial charge in [-0.25, -0.2) is 14.4 Å². The van der Waals surface area contributed by atoms with Gasteiger partial charge in [0, 0.05) is 30.9 Å². The Kier molecular flexibility index (Phi) is 7.44. The number of hydrogen-bond acceptors (Lipinski definition) is 5. The summed E-state index contributed by atoms with van der Waals surface area (Å²) in [5.74, 6) is -2.13. The molecule has 0 saturated heterocycles. The first-order valence-electron chi connectivity index (χ1n) is 12.2. The van der Waals surface area contributed by atoms with Crippen LogP contribution in [0, 0.1) is 17.7 Å². The Morgan fingerprint density at radius 2 is 1.88 bits per heavy atom. The summed E-state index contributed by atoms with van der Waals surface area (Å²) < 4.78 is 15.4. The maximum absolute atomic E-state index is 15.4. The Morgan fingerprint density at radius 3 is 2.50 bits per heavy atom. The van der Waals surface area contributed by atoms with Gasteiger partial charge in [0.05, 0.1) is 23.7 Å². The molecule has 1 aromatic carbocycles. The minimum Gasteiger partial charge on any atom is -0.481 e. The SMILES string of the molecule is CC(C)CN(c1cc(F)c([C@H]2C[C@H]2C(=O)O)cc1NC(=O)Cc1cncnc1)C1CCCCC1. The van der Waals surface area contributed by atoms with Gasteiger partial charge in [-0.2, -0.15) is 0 Å².